The van der Waals surface area contributed by atoms with E-state index < -0.39 is 0 Å². The van der Waals surface area contributed by atoms with Crippen LogP contribution in [-0.4, -0.2) is 30.8 Å². The smallest absolute Gasteiger partial charge is 0.262 e. The van der Waals surface area contributed by atoms with Crippen molar-refractivity contribution < 1.29 is 9.90 Å². The van der Waals surface area contributed by atoms with Crippen LogP contribution in [0.2, 0.25) is 0 Å². The molecule has 0 saturated carbocycles. The van der Waals surface area contributed by atoms with Crippen LogP contribution in [0.25, 0.3) is 27.5 Å². The van der Waals surface area contributed by atoms with Gasteiger partial charge in [-0.25, -0.2) is 4.98 Å². The molecule has 26 heavy (non-hydrogen) atoms. The molecule has 0 bridgehead atoms. The van der Waals surface area contributed by atoms with Crippen molar-refractivity contribution in [1.29, 1.82) is 0 Å². The molecule has 5 rings (SSSR count). The van der Waals surface area contributed by atoms with Crippen LogP contribution in [0.3, 0.4) is 0 Å². The van der Waals surface area contributed by atoms with E-state index in [0.29, 0.717) is 24.5 Å². The highest BCUT2D eigenvalue weighted by molar-refractivity contribution is 6.25. The standard InChI is InChI=1S/C19H15N5O2/c25-16-7-8-24-15-4-2-1-3-14(15)22-18(24)17(16)19(26)21-12-5-6-13-11(9-12)10-20-23-13/h1-6,9-10,25H,7-8H2,(H,20,23)(H,21,26). The number of aliphatic hydroxyl groups is 1. The van der Waals surface area contributed by atoms with Crippen molar-refractivity contribution in [3.63, 3.8) is 0 Å². The van der Waals surface area contributed by atoms with Gasteiger partial charge in [-0.3, -0.25) is 9.89 Å². The second-order valence-electron chi connectivity index (χ2n) is 6.27. The lowest BCUT2D eigenvalue weighted by Gasteiger charge is -2.18. The zero-order chi connectivity index (χ0) is 17.7. The topological polar surface area (TPSA) is 95.8 Å². The SMILES string of the molecule is O=C(Nc1ccc2[nH]ncc2c1)C1=C(O)CCn2c1nc1ccccc12. The van der Waals surface area contributed by atoms with Gasteiger partial charge in [-0.05, 0) is 30.3 Å². The molecule has 4 aromatic rings. The van der Waals surface area contributed by atoms with Crippen molar-refractivity contribution in [3.8, 4) is 0 Å². The number of aromatic amines is 1. The van der Waals surface area contributed by atoms with Gasteiger partial charge in [0.25, 0.3) is 5.91 Å². The second-order valence-corrected chi connectivity index (χ2v) is 6.27. The molecule has 1 aliphatic rings. The molecule has 0 atom stereocenters. The van der Waals surface area contributed by atoms with Crippen LogP contribution in [0.15, 0.2) is 54.4 Å². The third kappa shape index (κ3) is 2.17. The van der Waals surface area contributed by atoms with Gasteiger partial charge in [-0.1, -0.05) is 12.1 Å². The number of fused-ring (bicyclic) bond motifs is 4. The Bertz CT molecular complexity index is 1200. The van der Waals surface area contributed by atoms with E-state index in [2.05, 4.69) is 20.5 Å². The molecule has 3 heterocycles. The van der Waals surface area contributed by atoms with E-state index in [1.54, 1.807) is 12.3 Å². The number of nitrogens with one attached hydrogen (secondary N) is 2. The number of rotatable bonds is 2. The summed E-state index contributed by atoms with van der Waals surface area (Å²) in [6.45, 7) is 0.597. The highest BCUT2D eigenvalue weighted by Crippen LogP contribution is 2.30. The fraction of sp³-hybridized carbons (Fsp3) is 0.105. The molecule has 1 aliphatic heterocycles. The highest BCUT2D eigenvalue weighted by atomic mass is 16.3. The maximum atomic E-state index is 12.9. The number of allylic oxidation sites excluding steroid dienone is 1. The van der Waals surface area contributed by atoms with Gasteiger partial charge in [0.1, 0.15) is 17.2 Å². The summed E-state index contributed by atoms with van der Waals surface area (Å²) in [5.41, 5.74) is 3.52. The van der Waals surface area contributed by atoms with E-state index in [0.717, 1.165) is 21.9 Å². The molecular formula is C19H15N5O2. The van der Waals surface area contributed by atoms with Crippen LogP contribution < -0.4 is 5.32 Å². The van der Waals surface area contributed by atoms with Crippen LogP contribution >= 0.6 is 0 Å². The molecule has 2 aromatic heterocycles. The van der Waals surface area contributed by atoms with Crippen LogP contribution in [0.4, 0.5) is 5.69 Å². The number of para-hydroxylation sites is 2. The van der Waals surface area contributed by atoms with Gasteiger partial charge in [-0.2, -0.15) is 5.10 Å². The number of anilines is 1. The molecule has 0 aliphatic carbocycles. The van der Waals surface area contributed by atoms with E-state index in [4.69, 9.17) is 0 Å². The lowest BCUT2D eigenvalue weighted by Crippen LogP contribution is -2.22. The number of carbonyl (C=O) groups is 1. The van der Waals surface area contributed by atoms with Gasteiger partial charge in [0, 0.05) is 24.0 Å². The Morgan fingerprint density at radius 3 is 3.04 bits per heavy atom. The Kier molecular flexibility index (Phi) is 3.08. The minimum Gasteiger partial charge on any atom is -0.511 e. The van der Waals surface area contributed by atoms with Crippen molar-refractivity contribution in [3.05, 3.63) is 60.2 Å². The van der Waals surface area contributed by atoms with Crippen molar-refractivity contribution in [2.75, 3.05) is 5.32 Å². The minimum absolute atomic E-state index is 0.0645. The number of amides is 1. The number of H-pyrrole nitrogens is 1. The number of imidazole rings is 1. The van der Waals surface area contributed by atoms with E-state index in [1.165, 1.54) is 0 Å². The number of aryl methyl sites for hydroxylation is 1. The monoisotopic (exact) mass is 345 g/mol. The third-order valence-corrected chi connectivity index (χ3v) is 4.66. The molecule has 7 nitrogen and oxygen atoms in total. The minimum atomic E-state index is -0.374. The highest BCUT2D eigenvalue weighted by Gasteiger charge is 2.28. The molecule has 3 N–H and O–H groups in total. The fourth-order valence-corrected chi connectivity index (χ4v) is 3.41. The van der Waals surface area contributed by atoms with Gasteiger partial charge < -0.3 is 15.0 Å². The molecular weight excluding hydrogens is 330 g/mol. The lowest BCUT2D eigenvalue weighted by molar-refractivity contribution is -0.111. The summed E-state index contributed by atoms with van der Waals surface area (Å²) in [6, 6.07) is 13.2. The number of aliphatic hydroxyl groups excluding tert-OH is 1. The third-order valence-electron chi connectivity index (χ3n) is 4.66. The normalized spacial score (nSPS) is 14.0. The van der Waals surface area contributed by atoms with Crippen LogP contribution in [0.1, 0.15) is 12.2 Å². The van der Waals surface area contributed by atoms with Crippen LogP contribution in [-0.2, 0) is 11.3 Å². The molecule has 0 radical (unpaired) electrons. The summed E-state index contributed by atoms with van der Waals surface area (Å²) in [7, 11) is 0. The average Bonchev–Trinajstić information content (AvgIpc) is 3.24. The van der Waals surface area contributed by atoms with Crippen LogP contribution in [0.5, 0.6) is 0 Å². The molecule has 0 unspecified atom stereocenters. The number of hydrogen-bond donors (Lipinski definition) is 3. The predicted molar refractivity (Wildman–Crippen MR) is 98.6 cm³/mol. The van der Waals surface area contributed by atoms with E-state index >= 15 is 0 Å². The maximum Gasteiger partial charge on any atom is 0.262 e. The molecule has 7 heteroatoms. The van der Waals surface area contributed by atoms with Gasteiger partial charge >= 0.3 is 0 Å². The lowest BCUT2D eigenvalue weighted by atomic mass is 10.1. The summed E-state index contributed by atoms with van der Waals surface area (Å²) in [5, 5.41) is 21.0. The van der Waals surface area contributed by atoms with Gasteiger partial charge in [0.2, 0.25) is 0 Å². The summed E-state index contributed by atoms with van der Waals surface area (Å²) >= 11 is 0. The first kappa shape index (κ1) is 14.7. The zero-order valence-corrected chi connectivity index (χ0v) is 13.7. The van der Waals surface area contributed by atoms with Crippen molar-refractivity contribution >= 4 is 39.1 Å². The summed E-state index contributed by atoms with van der Waals surface area (Å²) in [5.74, 6) is 0.188. The Hall–Kier alpha value is -3.61. The molecule has 128 valence electrons. The Labute approximate surface area is 148 Å². The molecule has 0 saturated heterocycles. The van der Waals surface area contributed by atoms with Gasteiger partial charge in [0.05, 0.1) is 22.7 Å². The number of aromatic nitrogens is 4. The Morgan fingerprint density at radius 2 is 2.12 bits per heavy atom. The fourth-order valence-electron chi connectivity index (χ4n) is 3.41. The quantitative estimate of drug-likeness (QED) is 0.520. The van der Waals surface area contributed by atoms with E-state index in [-0.39, 0.29) is 17.2 Å². The summed E-state index contributed by atoms with van der Waals surface area (Å²) in [6.07, 6.45) is 2.10. The number of carbonyl (C=O) groups excluding carboxylic acids is 1. The van der Waals surface area contributed by atoms with Crippen molar-refractivity contribution in [1.82, 2.24) is 19.7 Å². The van der Waals surface area contributed by atoms with Gasteiger partial charge in [0.15, 0.2) is 0 Å². The van der Waals surface area contributed by atoms with Crippen molar-refractivity contribution in [2.24, 2.45) is 0 Å². The Morgan fingerprint density at radius 1 is 1.23 bits per heavy atom. The predicted octanol–water partition coefficient (Wildman–Crippen LogP) is 3.22. The molecule has 0 spiro atoms. The first-order valence-electron chi connectivity index (χ1n) is 8.33. The number of nitrogens with zero attached hydrogens (tertiary/aromatic N) is 3. The van der Waals surface area contributed by atoms with Crippen molar-refractivity contribution in [2.45, 2.75) is 13.0 Å². The largest absolute Gasteiger partial charge is 0.511 e. The average molecular weight is 345 g/mol. The second kappa shape index (κ2) is 5.45. The number of benzene rings is 2. The van der Waals surface area contributed by atoms with Gasteiger partial charge in [-0.15, -0.1) is 0 Å². The zero-order valence-electron chi connectivity index (χ0n) is 13.7. The van der Waals surface area contributed by atoms with E-state index in [1.807, 2.05) is 41.0 Å². The maximum absolute atomic E-state index is 12.9. The summed E-state index contributed by atoms with van der Waals surface area (Å²) < 4.78 is 1.98. The van der Waals surface area contributed by atoms with Crippen LogP contribution in [0, 0.1) is 0 Å². The molecule has 1 amide bonds. The molecule has 2 aromatic carbocycles. The Balaban J connectivity index is 1.55. The number of hydrogen-bond acceptors (Lipinski definition) is 4. The molecule has 0 fully saturated rings. The van der Waals surface area contributed by atoms with E-state index in [9.17, 15) is 9.90 Å². The first-order valence-corrected chi connectivity index (χ1v) is 8.33. The first-order chi connectivity index (χ1) is 12.7. The summed E-state index contributed by atoms with van der Waals surface area (Å²) in [4.78, 5) is 17.4.